The summed E-state index contributed by atoms with van der Waals surface area (Å²) in [5, 5.41) is 16.8. The van der Waals surface area contributed by atoms with Crippen LogP contribution in [0.2, 0.25) is 0 Å². The van der Waals surface area contributed by atoms with Crippen LogP contribution in [-0.4, -0.2) is 38.5 Å². The maximum atomic E-state index is 12.2. The number of carbonyl (C=O) groups excluding carboxylic acids is 2. The number of hydrogen-bond donors (Lipinski definition) is 2. The molecule has 7 heteroatoms. The molecule has 0 radical (unpaired) electrons. The van der Waals surface area contributed by atoms with E-state index in [0.29, 0.717) is 5.69 Å². The number of hydrogen-bond acceptors (Lipinski definition) is 5. The van der Waals surface area contributed by atoms with E-state index in [0.717, 1.165) is 16.7 Å². The third kappa shape index (κ3) is 2.77. The Morgan fingerprint density at radius 3 is 2.75 bits per heavy atom. The fourth-order valence-electron chi connectivity index (χ4n) is 1.92. The van der Waals surface area contributed by atoms with Crippen LogP contribution in [0.5, 0.6) is 5.75 Å². The molecule has 0 saturated carbocycles. The Balaban J connectivity index is 2.19. The van der Waals surface area contributed by atoms with E-state index in [-0.39, 0.29) is 12.2 Å². The molecule has 2 unspecified atom stereocenters. The summed E-state index contributed by atoms with van der Waals surface area (Å²) in [6.07, 6.45) is -0.0310. The number of aliphatic carboxylic acids is 1. The molecule has 2 atom stereocenters. The number of carbonyl (C=O) groups is 3. The Morgan fingerprint density at radius 2 is 2.15 bits per heavy atom. The van der Waals surface area contributed by atoms with Crippen molar-refractivity contribution in [2.75, 3.05) is 4.90 Å². The van der Waals surface area contributed by atoms with Crippen molar-refractivity contribution in [3.8, 4) is 5.75 Å². The van der Waals surface area contributed by atoms with E-state index in [2.05, 4.69) is 0 Å². The van der Waals surface area contributed by atoms with Gasteiger partial charge < -0.3 is 10.2 Å². The summed E-state index contributed by atoms with van der Waals surface area (Å²) >= 11 is 0.956. The number of anilines is 1. The van der Waals surface area contributed by atoms with Crippen molar-refractivity contribution < 1.29 is 24.6 Å². The minimum absolute atomic E-state index is 0.0310. The highest BCUT2D eigenvalue weighted by atomic mass is 32.2. The topological polar surface area (TPSA) is 94.9 Å². The van der Waals surface area contributed by atoms with Gasteiger partial charge in [0.1, 0.15) is 11.0 Å². The molecule has 2 rings (SSSR count). The highest BCUT2D eigenvalue weighted by Crippen LogP contribution is 2.32. The first kappa shape index (κ1) is 14.4. The van der Waals surface area contributed by atoms with Crippen LogP contribution in [0.15, 0.2) is 24.3 Å². The molecule has 1 saturated heterocycles. The first-order valence-electron chi connectivity index (χ1n) is 5.94. The van der Waals surface area contributed by atoms with E-state index in [1.807, 2.05) is 0 Å². The maximum Gasteiger partial charge on any atom is 0.316 e. The number of imide groups is 1. The van der Waals surface area contributed by atoms with Crippen LogP contribution in [-0.2, 0) is 14.4 Å². The quantitative estimate of drug-likeness (QED) is 0.811. The van der Waals surface area contributed by atoms with Crippen molar-refractivity contribution in [3.63, 3.8) is 0 Å². The van der Waals surface area contributed by atoms with E-state index in [4.69, 9.17) is 5.11 Å². The van der Waals surface area contributed by atoms with Crippen LogP contribution in [0, 0.1) is 0 Å². The zero-order valence-corrected chi connectivity index (χ0v) is 11.5. The maximum absolute atomic E-state index is 12.2. The predicted octanol–water partition coefficient (Wildman–Crippen LogP) is 1.23. The monoisotopic (exact) mass is 295 g/mol. The van der Waals surface area contributed by atoms with Gasteiger partial charge in [-0.15, -0.1) is 11.8 Å². The third-order valence-corrected chi connectivity index (χ3v) is 4.22. The number of carboxylic acid groups (broad SMARTS) is 1. The predicted molar refractivity (Wildman–Crippen MR) is 73.7 cm³/mol. The van der Waals surface area contributed by atoms with Crippen LogP contribution in [0.3, 0.4) is 0 Å². The smallest absolute Gasteiger partial charge is 0.316 e. The second kappa shape index (κ2) is 5.54. The fourth-order valence-corrected chi connectivity index (χ4v) is 2.99. The number of phenolic OH excluding ortho intramolecular Hbond substituents is 1. The van der Waals surface area contributed by atoms with Gasteiger partial charge in [-0.3, -0.25) is 14.4 Å². The molecule has 1 aromatic carbocycles. The number of carboxylic acids is 1. The van der Waals surface area contributed by atoms with E-state index in [1.54, 1.807) is 6.07 Å². The molecule has 2 N–H and O–H groups in total. The number of amides is 2. The molecule has 1 aromatic rings. The van der Waals surface area contributed by atoms with Gasteiger partial charge in [-0.1, -0.05) is 6.07 Å². The van der Waals surface area contributed by atoms with E-state index in [9.17, 15) is 19.5 Å². The average Bonchev–Trinajstić information content (AvgIpc) is 2.64. The van der Waals surface area contributed by atoms with Gasteiger partial charge in [0.15, 0.2) is 0 Å². The molecular weight excluding hydrogens is 282 g/mol. The van der Waals surface area contributed by atoms with Gasteiger partial charge in [0.2, 0.25) is 11.8 Å². The van der Waals surface area contributed by atoms with Crippen LogP contribution in [0.4, 0.5) is 5.69 Å². The summed E-state index contributed by atoms with van der Waals surface area (Å²) in [7, 11) is 0. The minimum Gasteiger partial charge on any atom is -0.508 e. The SMILES string of the molecule is CC(SC1CC(=O)N(c2cccc(O)c2)C1=O)C(=O)O. The molecule has 0 bridgehead atoms. The van der Waals surface area contributed by atoms with Gasteiger partial charge in [0, 0.05) is 12.5 Å². The summed E-state index contributed by atoms with van der Waals surface area (Å²) in [4.78, 5) is 35.9. The van der Waals surface area contributed by atoms with Gasteiger partial charge in [0.05, 0.1) is 10.9 Å². The molecule has 6 nitrogen and oxygen atoms in total. The minimum atomic E-state index is -1.02. The standard InChI is InChI=1S/C13H13NO5S/c1-7(13(18)19)20-10-6-11(16)14(12(10)17)8-3-2-4-9(15)5-8/h2-5,7,10,15H,6H2,1H3,(H,18,19). The summed E-state index contributed by atoms with van der Waals surface area (Å²) in [6.45, 7) is 1.47. The zero-order chi connectivity index (χ0) is 14.9. The average molecular weight is 295 g/mol. The highest BCUT2D eigenvalue weighted by molar-refractivity contribution is 8.01. The van der Waals surface area contributed by atoms with Crippen LogP contribution < -0.4 is 4.90 Å². The van der Waals surface area contributed by atoms with Crippen LogP contribution in [0.1, 0.15) is 13.3 Å². The largest absolute Gasteiger partial charge is 0.508 e. The molecule has 2 amide bonds. The Bertz CT molecular complexity index is 574. The van der Waals surface area contributed by atoms with E-state index >= 15 is 0 Å². The third-order valence-electron chi connectivity index (χ3n) is 2.91. The van der Waals surface area contributed by atoms with Gasteiger partial charge in [-0.05, 0) is 19.1 Å². The normalized spacial score (nSPS) is 20.2. The van der Waals surface area contributed by atoms with E-state index in [1.165, 1.54) is 25.1 Å². The number of thioether (sulfide) groups is 1. The second-order valence-corrected chi connectivity index (χ2v) is 5.94. The Labute approximate surface area is 119 Å². The lowest BCUT2D eigenvalue weighted by molar-refractivity contribution is -0.136. The number of nitrogens with zero attached hydrogens (tertiary/aromatic N) is 1. The molecule has 1 heterocycles. The lowest BCUT2D eigenvalue weighted by Gasteiger charge is -2.15. The lowest BCUT2D eigenvalue weighted by Crippen LogP contribution is -2.31. The van der Waals surface area contributed by atoms with Gasteiger partial charge in [0.25, 0.3) is 0 Å². The van der Waals surface area contributed by atoms with Crippen LogP contribution >= 0.6 is 11.8 Å². The summed E-state index contributed by atoms with van der Waals surface area (Å²) in [5.41, 5.74) is 0.297. The van der Waals surface area contributed by atoms with E-state index < -0.39 is 28.3 Å². The van der Waals surface area contributed by atoms with Gasteiger partial charge in [-0.2, -0.15) is 0 Å². The van der Waals surface area contributed by atoms with Crippen molar-refractivity contribution in [2.45, 2.75) is 23.8 Å². The molecule has 1 fully saturated rings. The summed E-state index contributed by atoms with van der Waals surface area (Å²) < 4.78 is 0. The molecule has 1 aliphatic heterocycles. The van der Waals surface area contributed by atoms with Crippen molar-refractivity contribution in [1.82, 2.24) is 0 Å². The summed E-state index contributed by atoms with van der Waals surface area (Å²) in [5.74, 6) is -1.90. The van der Waals surface area contributed by atoms with Crippen molar-refractivity contribution >= 4 is 35.2 Å². The van der Waals surface area contributed by atoms with Gasteiger partial charge in [-0.25, -0.2) is 4.90 Å². The lowest BCUT2D eigenvalue weighted by atomic mass is 10.3. The number of benzene rings is 1. The Kier molecular flexibility index (Phi) is 3.99. The second-order valence-electron chi connectivity index (χ2n) is 4.40. The molecule has 106 valence electrons. The molecular formula is C13H13NO5S. The van der Waals surface area contributed by atoms with Crippen molar-refractivity contribution in [1.29, 1.82) is 0 Å². The first-order valence-corrected chi connectivity index (χ1v) is 6.88. The molecule has 20 heavy (non-hydrogen) atoms. The van der Waals surface area contributed by atoms with Crippen molar-refractivity contribution in [3.05, 3.63) is 24.3 Å². The van der Waals surface area contributed by atoms with Crippen LogP contribution in [0.25, 0.3) is 0 Å². The summed E-state index contributed by atoms with van der Waals surface area (Å²) in [6, 6.07) is 5.84. The Morgan fingerprint density at radius 1 is 1.45 bits per heavy atom. The zero-order valence-electron chi connectivity index (χ0n) is 10.6. The molecule has 0 aromatic heterocycles. The Hall–Kier alpha value is -2.02. The first-order chi connectivity index (χ1) is 9.40. The number of rotatable bonds is 4. The number of aromatic hydroxyl groups is 1. The highest BCUT2D eigenvalue weighted by Gasteiger charge is 2.41. The fraction of sp³-hybridized carbons (Fsp3) is 0.308. The molecule has 1 aliphatic rings. The van der Waals surface area contributed by atoms with Gasteiger partial charge >= 0.3 is 5.97 Å². The number of phenols is 1. The van der Waals surface area contributed by atoms with Crippen molar-refractivity contribution in [2.24, 2.45) is 0 Å². The molecule has 0 aliphatic carbocycles. The molecule has 0 spiro atoms.